The molecule has 7 heteroatoms. The number of ether oxygens (including phenoxy) is 2. The van der Waals surface area contributed by atoms with Gasteiger partial charge in [0.15, 0.2) is 11.5 Å². The third-order valence-electron chi connectivity index (χ3n) is 5.68. The number of thiazole rings is 1. The lowest BCUT2D eigenvalue weighted by Crippen LogP contribution is -3.16. The lowest BCUT2D eigenvalue weighted by Gasteiger charge is -2.30. The topological polar surface area (TPSA) is 64.9 Å². The Hall–Kier alpha value is -2.12. The molecule has 1 unspecified atom stereocenters. The molecule has 6 nitrogen and oxygen atoms in total. The highest BCUT2D eigenvalue weighted by Crippen LogP contribution is 2.34. The smallest absolute Gasteiger partial charge is 0.263 e. The Morgan fingerprint density at radius 2 is 2.07 bits per heavy atom. The fourth-order valence-electron chi connectivity index (χ4n) is 3.92. The van der Waals surface area contributed by atoms with Crippen LogP contribution in [0.15, 0.2) is 18.2 Å². The van der Waals surface area contributed by atoms with Crippen molar-refractivity contribution in [2.24, 2.45) is 0 Å². The predicted molar refractivity (Wildman–Crippen MR) is 116 cm³/mol. The van der Waals surface area contributed by atoms with Crippen molar-refractivity contribution in [3.05, 3.63) is 28.8 Å². The largest absolute Gasteiger partial charge is 0.493 e. The highest BCUT2D eigenvalue weighted by atomic mass is 32.1. The molecule has 2 atom stereocenters. The molecule has 1 amide bonds. The minimum atomic E-state index is -0.0339. The molecule has 1 saturated heterocycles. The van der Waals surface area contributed by atoms with E-state index in [2.05, 4.69) is 17.2 Å². The molecule has 0 aliphatic carbocycles. The monoisotopic (exact) mass is 418 g/mol. The molecule has 158 valence electrons. The zero-order valence-electron chi connectivity index (χ0n) is 17.8. The van der Waals surface area contributed by atoms with Gasteiger partial charge in [0.25, 0.3) is 5.91 Å². The normalized spacial score (nSPS) is 19.0. The second-order valence-electron chi connectivity index (χ2n) is 7.67. The number of hydrogen-bond acceptors (Lipinski definition) is 5. The number of carbonyl (C=O) groups excluding carboxylic acids is 1. The van der Waals surface area contributed by atoms with E-state index in [0.29, 0.717) is 22.9 Å². The molecule has 1 aromatic carbocycles. The van der Waals surface area contributed by atoms with Crippen LogP contribution in [0.4, 0.5) is 0 Å². The van der Waals surface area contributed by atoms with Crippen molar-refractivity contribution in [2.75, 3.05) is 33.9 Å². The number of aryl methyl sites for hydroxylation is 1. The number of piperidine rings is 1. The summed E-state index contributed by atoms with van der Waals surface area (Å²) in [6.45, 7) is 7.31. The number of methoxy groups -OCH3 is 2. The molecule has 1 aliphatic heterocycles. The highest BCUT2D eigenvalue weighted by Gasteiger charge is 2.21. The van der Waals surface area contributed by atoms with Gasteiger partial charge in [-0.1, -0.05) is 0 Å². The number of hydrogen-bond donors (Lipinski definition) is 2. The lowest BCUT2D eigenvalue weighted by molar-refractivity contribution is -0.928. The summed E-state index contributed by atoms with van der Waals surface area (Å²) in [6, 6.07) is 6.42. The van der Waals surface area contributed by atoms with Crippen molar-refractivity contribution < 1.29 is 19.2 Å². The van der Waals surface area contributed by atoms with Crippen molar-refractivity contribution in [1.29, 1.82) is 0 Å². The Labute approximate surface area is 177 Å². The van der Waals surface area contributed by atoms with Crippen LogP contribution in [0, 0.1) is 6.92 Å². The summed E-state index contributed by atoms with van der Waals surface area (Å²) in [5.74, 6) is 1.29. The number of carbonyl (C=O) groups is 1. The summed E-state index contributed by atoms with van der Waals surface area (Å²) < 4.78 is 10.7. The molecule has 0 saturated carbocycles. The van der Waals surface area contributed by atoms with Crippen LogP contribution in [0.1, 0.15) is 48.0 Å². The van der Waals surface area contributed by atoms with E-state index in [-0.39, 0.29) is 5.91 Å². The zero-order chi connectivity index (χ0) is 20.8. The van der Waals surface area contributed by atoms with E-state index in [1.54, 1.807) is 19.1 Å². The summed E-state index contributed by atoms with van der Waals surface area (Å²) >= 11 is 1.42. The molecule has 2 heterocycles. The van der Waals surface area contributed by atoms with Crippen LogP contribution in [0.3, 0.4) is 0 Å². The van der Waals surface area contributed by atoms with Crippen molar-refractivity contribution in [2.45, 2.75) is 45.6 Å². The quantitative estimate of drug-likeness (QED) is 0.647. The summed E-state index contributed by atoms with van der Waals surface area (Å²) in [4.78, 5) is 19.6. The van der Waals surface area contributed by atoms with Crippen molar-refractivity contribution >= 4 is 17.2 Å². The van der Waals surface area contributed by atoms with E-state index in [4.69, 9.17) is 9.47 Å². The van der Waals surface area contributed by atoms with Crippen LogP contribution in [0.5, 0.6) is 11.5 Å². The van der Waals surface area contributed by atoms with Crippen LogP contribution in [-0.2, 0) is 0 Å². The number of benzene rings is 1. The first-order valence-corrected chi connectivity index (χ1v) is 11.2. The third kappa shape index (κ3) is 5.28. The molecule has 2 N–H and O–H groups in total. The number of nitrogens with one attached hydrogen (secondary N) is 2. The Bertz CT molecular complexity index is 837. The molecule has 2 aromatic rings. The maximum absolute atomic E-state index is 12.7. The van der Waals surface area contributed by atoms with E-state index in [1.165, 1.54) is 37.1 Å². The maximum atomic E-state index is 12.7. The van der Waals surface area contributed by atoms with Crippen molar-refractivity contribution in [1.82, 2.24) is 10.3 Å². The van der Waals surface area contributed by atoms with Gasteiger partial charge in [0.05, 0.1) is 39.0 Å². The molecule has 1 fully saturated rings. The van der Waals surface area contributed by atoms with Gasteiger partial charge in [0.1, 0.15) is 9.88 Å². The zero-order valence-corrected chi connectivity index (χ0v) is 18.7. The van der Waals surface area contributed by atoms with Gasteiger partial charge in [-0.2, -0.15) is 0 Å². The predicted octanol–water partition coefficient (Wildman–Crippen LogP) is 2.71. The minimum absolute atomic E-state index is 0.0339. The first kappa shape index (κ1) is 21.6. The number of rotatable bonds is 8. The molecular weight excluding hydrogens is 386 g/mol. The summed E-state index contributed by atoms with van der Waals surface area (Å²) in [6.07, 6.45) is 5.01. The summed E-state index contributed by atoms with van der Waals surface area (Å²) in [7, 11) is 3.22. The fourth-order valence-corrected chi connectivity index (χ4v) is 4.90. The van der Waals surface area contributed by atoms with E-state index < -0.39 is 0 Å². The molecule has 3 rings (SSSR count). The van der Waals surface area contributed by atoms with Crippen molar-refractivity contribution in [3.63, 3.8) is 0 Å². The van der Waals surface area contributed by atoms with Crippen molar-refractivity contribution in [3.8, 4) is 22.1 Å². The standard InChI is InChI=1S/C22H31N3O3S/c1-15-8-5-6-12-25(15)13-7-11-23-21(26)20-16(2)24-22(29-20)17-9-10-18(27-3)19(14-17)28-4/h9-10,14-15H,5-8,11-13H2,1-4H3,(H,23,26)/p+1/t15-/m0/s1. The van der Waals surface area contributed by atoms with Gasteiger partial charge in [-0.25, -0.2) is 4.98 Å². The Morgan fingerprint density at radius 1 is 1.28 bits per heavy atom. The Kier molecular flexibility index (Phi) is 7.50. The van der Waals surface area contributed by atoms with Gasteiger partial charge in [-0.05, 0) is 51.3 Å². The lowest BCUT2D eigenvalue weighted by atomic mass is 10.0. The number of quaternary nitrogens is 1. The fraction of sp³-hybridized carbons (Fsp3) is 0.545. The molecule has 0 bridgehead atoms. The SMILES string of the molecule is COc1ccc(-c2nc(C)c(C(=O)NCCC[NH+]3CCCC[C@@H]3C)s2)cc1OC. The summed E-state index contributed by atoms with van der Waals surface area (Å²) in [5, 5.41) is 3.88. The number of amides is 1. The first-order valence-electron chi connectivity index (χ1n) is 10.4. The Morgan fingerprint density at radius 3 is 2.79 bits per heavy atom. The second-order valence-corrected chi connectivity index (χ2v) is 8.67. The number of likely N-dealkylation sites (tertiary alicyclic amines) is 1. The van der Waals surface area contributed by atoms with Gasteiger partial charge in [-0.3, -0.25) is 4.79 Å². The molecule has 1 aliphatic rings. The van der Waals surface area contributed by atoms with Gasteiger partial charge >= 0.3 is 0 Å². The highest BCUT2D eigenvalue weighted by molar-refractivity contribution is 7.17. The maximum Gasteiger partial charge on any atom is 0.263 e. The average Bonchev–Trinajstić information content (AvgIpc) is 3.13. The first-order chi connectivity index (χ1) is 14.0. The van der Waals surface area contributed by atoms with Gasteiger partial charge in [0.2, 0.25) is 0 Å². The Balaban J connectivity index is 1.58. The number of nitrogens with zero attached hydrogens (tertiary/aromatic N) is 1. The molecule has 0 radical (unpaired) electrons. The van der Waals surface area contributed by atoms with Crippen LogP contribution in [-0.4, -0.2) is 50.8 Å². The van der Waals surface area contributed by atoms with Gasteiger partial charge < -0.3 is 19.7 Å². The summed E-state index contributed by atoms with van der Waals surface area (Å²) in [5.41, 5.74) is 1.67. The van der Waals surface area contributed by atoms with Gasteiger partial charge in [-0.15, -0.1) is 11.3 Å². The third-order valence-corrected chi connectivity index (χ3v) is 6.88. The van der Waals surface area contributed by atoms with Crippen LogP contribution < -0.4 is 19.7 Å². The molecule has 0 spiro atoms. The van der Waals surface area contributed by atoms with Crippen LogP contribution in [0.2, 0.25) is 0 Å². The van der Waals surface area contributed by atoms with Crippen LogP contribution in [0.25, 0.3) is 10.6 Å². The van der Waals surface area contributed by atoms with E-state index in [0.717, 1.165) is 35.3 Å². The van der Waals surface area contributed by atoms with E-state index in [9.17, 15) is 4.79 Å². The van der Waals surface area contributed by atoms with Gasteiger partial charge in [0, 0.05) is 18.5 Å². The van der Waals surface area contributed by atoms with E-state index in [1.807, 2.05) is 25.1 Å². The minimum Gasteiger partial charge on any atom is -0.493 e. The second kappa shape index (κ2) is 10.1. The molecule has 1 aromatic heterocycles. The number of aromatic nitrogens is 1. The molecule has 29 heavy (non-hydrogen) atoms. The van der Waals surface area contributed by atoms with Crippen LogP contribution >= 0.6 is 11.3 Å². The molecular formula is C22H32N3O3S+. The van der Waals surface area contributed by atoms with E-state index >= 15 is 0 Å². The average molecular weight is 419 g/mol.